The largest absolute Gasteiger partial charge is 0.503 e. The number of aliphatic hydroxyl groups is 1. The first-order valence-corrected chi connectivity index (χ1v) is 8.80. The van der Waals surface area contributed by atoms with E-state index in [2.05, 4.69) is 0 Å². The number of methoxy groups -OCH3 is 1. The minimum absolute atomic E-state index is 0.133. The molecule has 3 rings (SSSR count). The third-order valence-electron chi connectivity index (χ3n) is 4.19. The zero-order chi connectivity index (χ0) is 18.0. The van der Waals surface area contributed by atoms with Gasteiger partial charge in [0.15, 0.2) is 5.76 Å². The number of rotatable bonds is 6. The van der Waals surface area contributed by atoms with Crippen molar-refractivity contribution in [1.82, 2.24) is 4.90 Å². The fourth-order valence-electron chi connectivity index (χ4n) is 3.03. The highest BCUT2D eigenvalue weighted by Crippen LogP contribution is 2.39. The molecule has 0 spiro atoms. The topological polar surface area (TPSA) is 66.8 Å². The average Bonchev–Trinajstić information content (AvgIpc) is 3.21. The molecular formula is C19H19NO4S. The number of hydrogen-bond acceptors (Lipinski definition) is 5. The van der Waals surface area contributed by atoms with Crippen LogP contribution in [0.4, 0.5) is 0 Å². The Hall–Kier alpha value is -2.44. The summed E-state index contributed by atoms with van der Waals surface area (Å²) in [5, 5.41) is 12.2. The predicted octanol–water partition coefficient (Wildman–Crippen LogP) is 3.28. The second-order valence-corrected chi connectivity index (χ2v) is 6.82. The summed E-state index contributed by atoms with van der Waals surface area (Å²) >= 11 is 1.29. The van der Waals surface area contributed by atoms with Gasteiger partial charge in [0.25, 0.3) is 5.91 Å². The molecule has 1 aromatic carbocycles. The Bertz CT molecular complexity index is 826. The molecule has 0 bridgehead atoms. The maximum Gasteiger partial charge on any atom is 0.290 e. The first kappa shape index (κ1) is 17.4. The van der Waals surface area contributed by atoms with Gasteiger partial charge in [0.1, 0.15) is 0 Å². The van der Waals surface area contributed by atoms with Crippen molar-refractivity contribution in [3.8, 4) is 0 Å². The molecule has 1 N–H and O–H groups in total. The normalized spacial score (nSPS) is 17.4. The Balaban J connectivity index is 2.08. The van der Waals surface area contributed by atoms with Gasteiger partial charge in [0.2, 0.25) is 5.78 Å². The summed E-state index contributed by atoms with van der Waals surface area (Å²) in [5.74, 6) is -1.32. The number of aryl methyl sites for hydroxylation is 1. The van der Waals surface area contributed by atoms with Crippen LogP contribution in [0.1, 0.15) is 26.8 Å². The van der Waals surface area contributed by atoms with Crippen LogP contribution in [-0.4, -0.2) is 42.0 Å². The van der Waals surface area contributed by atoms with Crippen molar-refractivity contribution >= 4 is 23.0 Å². The highest BCUT2D eigenvalue weighted by Gasteiger charge is 2.43. The number of amides is 1. The number of nitrogens with zero attached hydrogens (tertiary/aromatic N) is 1. The van der Waals surface area contributed by atoms with Crippen LogP contribution in [-0.2, 0) is 9.53 Å². The van der Waals surface area contributed by atoms with Crippen molar-refractivity contribution in [2.24, 2.45) is 0 Å². The Kier molecular flexibility index (Phi) is 5.01. The lowest BCUT2D eigenvalue weighted by Gasteiger charge is -2.26. The summed E-state index contributed by atoms with van der Waals surface area (Å²) < 4.78 is 5.09. The van der Waals surface area contributed by atoms with E-state index >= 15 is 0 Å². The van der Waals surface area contributed by atoms with Gasteiger partial charge in [0.05, 0.1) is 23.1 Å². The summed E-state index contributed by atoms with van der Waals surface area (Å²) in [6.45, 7) is 2.56. The van der Waals surface area contributed by atoms with E-state index in [1.165, 1.54) is 16.2 Å². The van der Waals surface area contributed by atoms with Gasteiger partial charge in [-0.2, -0.15) is 0 Å². The molecule has 2 heterocycles. The van der Waals surface area contributed by atoms with Crippen LogP contribution in [0.3, 0.4) is 0 Å². The van der Waals surface area contributed by atoms with Crippen molar-refractivity contribution < 1.29 is 19.4 Å². The third-order valence-corrected chi connectivity index (χ3v) is 5.06. The van der Waals surface area contributed by atoms with E-state index in [4.69, 9.17) is 4.74 Å². The molecule has 0 saturated carbocycles. The zero-order valence-electron chi connectivity index (χ0n) is 14.1. The molecule has 5 nitrogen and oxygen atoms in total. The van der Waals surface area contributed by atoms with Gasteiger partial charge >= 0.3 is 0 Å². The van der Waals surface area contributed by atoms with Crippen LogP contribution in [0.2, 0.25) is 0 Å². The number of carbonyl (C=O) groups is 2. The van der Waals surface area contributed by atoms with Crippen molar-refractivity contribution in [1.29, 1.82) is 0 Å². The average molecular weight is 357 g/mol. The Morgan fingerprint density at radius 1 is 1.32 bits per heavy atom. The SMILES string of the molecule is COCCN1C(=O)C(O)=C(C(=O)c2cccs2)C1c1cccc(C)c1. The fraction of sp³-hybridized carbons (Fsp3) is 0.263. The number of ether oxygens (including phenoxy) is 1. The molecule has 0 fully saturated rings. The monoisotopic (exact) mass is 357 g/mol. The highest BCUT2D eigenvalue weighted by atomic mass is 32.1. The van der Waals surface area contributed by atoms with E-state index in [0.717, 1.165) is 11.1 Å². The lowest BCUT2D eigenvalue weighted by atomic mass is 9.94. The number of benzene rings is 1. The Labute approximate surface area is 150 Å². The molecule has 1 amide bonds. The van der Waals surface area contributed by atoms with Gasteiger partial charge in [-0.05, 0) is 23.9 Å². The van der Waals surface area contributed by atoms with Crippen molar-refractivity contribution in [2.75, 3.05) is 20.3 Å². The van der Waals surface area contributed by atoms with Crippen molar-refractivity contribution in [3.05, 3.63) is 69.1 Å². The number of thiophene rings is 1. The standard InChI is InChI=1S/C19H19NO4S/c1-12-5-3-6-13(11-12)16-15(17(21)14-7-4-10-25-14)18(22)19(23)20(16)8-9-24-2/h3-7,10-11,16,22H,8-9H2,1-2H3. The Morgan fingerprint density at radius 2 is 2.12 bits per heavy atom. The summed E-state index contributed by atoms with van der Waals surface area (Å²) in [5.41, 5.74) is 1.95. The number of hydrogen-bond donors (Lipinski definition) is 1. The van der Waals surface area contributed by atoms with Crippen molar-refractivity contribution in [2.45, 2.75) is 13.0 Å². The zero-order valence-corrected chi connectivity index (χ0v) is 14.9. The van der Waals surface area contributed by atoms with E-state index in [-0.39, 0.29) is 11.4 Å². The molecule has 130 valence electrons. The van der Waals surface area contributed by atoms with E-state index in [9.17, 15) is 14.7 Å². The summed E-state index contributed by atoms with van der Waals surface area (Å²) in [6, 6.07) is 10.5. The first-order valence-electron chi connectivity index (χ1n) is 7.92. The maximum atomic E-state index is 12.9. The molecule has 0 radical (unpaired) electrons. The van der Waals surface area contributed by atoms with E-state index in [0.29, 0.717) is 18.0 Å². The first-order chi connectivity index (χ1) is 12.0. The minimum atomic E-state index is -0.614. The quantitative estimate of drug-likeness (QED) is 0.806. The number of Topliss-reactive ketones (excluding diaryl/α,β-unsaturated/α-hetero) is 1. The molecule has 1 atom stereocenters. The molecule has 0 saturated heterocycles. The van der Waals surface area contributed by atoms with Crippen LogP contribution in [0.5, 0.6) is 0 Å². The summed E-state index contributed by atoms with van der Waals surface area (Å²) in [7, 11) is 1.55. The summed E-state index contributed by atoms with van der Waals surface area (Å²) in [6.07, 6.45) is 0. The predicted molar refractivity (Wildman–Crippen MR) is 95.8 cm³/mol. The molecule has 1 aliphatic heterocycles. The molecule has 2 aromatic rings. The van der Waals surface area contributed by atoms with Gasteiger partial charge in [-0.15, -0.1) is 11.3 Å². The molecule has 1 aliphatic rings. The number of ketones is 1. The van der Waals surface area contributed by atoms with Gasteiger partial charge in [0, 0.05) is 13.7 Å². The van der Waals surface area contributed by atoms with Crippen LogP contribution in [0, 0.1) is 6.92 Å². The number of aliphatic hydroxyl groups excluding tert-OH is 1. The molecule has 1 aromatic heterocycles. The van der Waals surface area contributed by atoms with Crippen LogP contribution >= 0.6 is 11.3 Å². The van der Waals surface area contributed by atoms with Crippen LogP contribution in [0.15, 0.2) is 53.1 Å². The van der Waals surface area contributed by atoms with Gasteiger partial charge in [-0.3, -0.25) is 9.59 Å². The minimum Gasteiger partial charge on any atom is -0.503 e. The lowest BCUT2D eigenvalue weighted by molar-refractivity contribution is -0.130. The van der Waals surface area contributed by atoms with Gasteiger partial charge < -0.3 is 14.7 Å². The Morgan fingerprint density at radius 3 is 2.76 bits per heavy atom. The smallest absolute Gasteiger partial charge is 0.290 e. The van der Waals surface area contributed by atoms with Crippen LogP contribution < -0.4 is 0 Å². The third kappa shape index (κ3) is 3.23. The lowest BCUT2D eigenvalue weighted by Crippen LogP contribution is -2.34. The molecule has 6 heteroatoms. The number of carbonyl (C=O) groups excluding carboxylic acids is 2. The van der Waals surface area contributed by atoms with Gasteiger partial charge in [-0.25, -0.2) is 0 Å². The summed E-state index contributed by atoms with van der Waals surface area (Å²) in [4.78, 5) is 27.5. The van der Waals surface area contributed by atoms with Gasteiger partial charge in [-0.1, -0.05) is 35.9 Å². The van der Waals surface area contributed by atoms with E-state index in [1.807, 2.05) is 31.2 Å². The van der Waals surface area contributed by atoms with Crippen molar-refractivity contribution in [3.63, 3.8) is 0 Å². The van der Waals surface area contributed by atoms with Crippen LogP contribution in [0.25, 0.3) is 0 Å². The van der Waals surface area contributed by atoms with E-state index < -0.39 is 17.7 Å². The molecular weight excluding hydrogens is 338 g/mol. The molecule has 0 aliphatic carbocycles. The molecule has 1 unspecified atom stereocenters. The molecule has 25 heavy (non-hydrogen) atoms. The highest BCUT2D eigenvalue weighted by molar-refractivity contribution is 7.12. The van der Waals surface area contributed by atoms with E-state index in [1.54, 1.807) is 24.6 Å². The maximum absolute atomic E-state index is 12.9. The fourth-order valence-corrected chi connectivity index (χ4v) is 3.71. The second-order valence-electron chi connectivity index (χ2n) is 5.88. The second kappa shape index (κ2) is 7.21.